The lowest BCUT2D eigenvalue weighted by molar-refractivity contribution is -0.481. The van der Waals surface area contributed by atoms with Gasteiger partial charge in [-0.3, -0.25) is 4.79 Å². The van der Waals surface area contributed by atoms with Crippen LogP contribution in [0.2, 0.25) is 0 Å². The van der Waals surface area contributed by atoms with Crippen LogP contribution >= 0.6 is 0 Å². The molecule has 1 aromatic carbocycles. The zero-order valence-corrected chi connectivity index (χ0v) is 12.6. The van der Waals surface area contributed by atoms with Gasteiger partial charge in [0.25, 0.3) is 5.91 Å². The maximum absolute atomic E-state index is 12.9. The Bertz CT molecular complexity index is 729. The van der Waals surface area contributed by atoms with E-state index in [0.29, 0.717) is 30.8 Å². The Morgan fingerprint density at radius 3 is 2.96 bits per heavy atom. The zero-order chi connectivity index (χ0) is 16.4. The largest absolute Gasteiger partial charge is 0.478 e. The topological polar surface area (TPSA) is 98.8 Å². The summed E-state index contributed by atoms with van der Waals surface area (Å²) in [6.45, 7) is 2.54. The van der Waals surface area contributed by atoms with Crippen molar-refractivity contribution >= 4 is 11.9 Å². The number of carbonyl (C=O) groups is 2. The van der Waals surface area contributed by atoms with E-state index in [4.69, 9.17) is 4.74 Å². The van der Waals surface area contributed by atoms with Crippen molar-refractivity contribution < 1.29 is 24.5 Å². The van der Waals surface area contributed by atoms with Crippen molar-refractivity contribution in [2.24, 2.45) is 0 Å². The molecule has 0 spiro atoms. The number of carbonyl (C=O) groups excluding carboxylic acids is 1. The zero-order valence-electron chi connectivity index (χ0n) is 12.6. The van der Waals surface area contributed by atoms with Gasteiger partial charge in [0.1, 0.15) is 5.69 Å². The highest BCUT2D eigenvalue weighted by Gasteiger charge is 2.35. The fourth-order valence-electron chi connectivity index (χ4n) is 2.58. The molecule has 1 fully saturated rings. The van der Waals surface area contributed by atoms with E-state index >= 15 is 0 Å². The number of aryl methyl sites for hydroxylation is 1. The molecule has 3 rings (SSSR count). The SMILES string of the molecule is Cc1ccc(-n2ncc[nH+]2)c(C(=O)N2CCCO[C@H]2C(=O)O)c1. The predicted molar refractivity (Wildman–Crippen MR) is 77.9 cm³/mol. The van der Waals surface area contributed by atoms with E-state index in [1.54, 1.807) is 24.5 Å². The van der Waals surface area contributed by atoms with Crippen molar-refractivity contribution in [2.75, 3.05) is 13.2 Å². The van der Waals surface area contributed by atoms with E-state index in [-0.39, 0.29) is 5.91 Å². The van der Waals surface area contributed by atoms with E-state index in [1.807, 2.05) is 13.0 Å². The van der Waals surface area contributed by atoms with Crippen LogP contribution in [0.4, 0.5) is 0 Å². The van der Waals surface area contributed by atoms with Gasteiger partial charge in [-0.2, -0.15) is 5.10 Å². The lowest BCUT2D eigenvalue weighted by Crippen LogP contribution is -2.50. The minimum absolute atomic E-state index is 0.328. The van der Waals surface area contributed by atoms with Crippen LogP contribution in [0, 0.1) is 6.92 Å². The number of rotatable bonds is 3. The van der Waals surface area contributed by atoms with E-state index in [1.165, 1.54) is 9.70 Å². The van der Waals surface area contributed by atoms with E-state index in [9.17, 15) is 14.7 Å². The average molecular weight is 317 g/mol. The molecule has 8 heteroatoms. The van der Waals surface area contributed by atoms with Gasteiger partial charge in [-0.15, -0.1) is 0 Å². The van der Waals surface area contributed by atoms with Crippen LogP contribution in [-0.4, -0.2) is 51.2 Å². The number of aromatic nitrogens is 3. The molecular formula is C15H17N4O4+. The van der Waals surface area contributed by atoms with Gasteiger partial charge < -0.3 is 14.7 Å². The van der Waals surface area contributed by atoms with Crippen molar-refractivity contribution in [3.8, 4) is 5.69 Å². The smallest absolute Gasteiger partial charge is 0.354 e. The first-order valence-electron chi connectivity index (χ1n) is 7.26. The van der Waals surface area contributed by atoms with Gasteiger partial charge in [-0.25, -0.2) is 4.79 Å². The third kappa shape index (κ3) is 2.93. The van der Waals surface area contributed by atoms with Crippen LogP contribution < -0.4 is 5.10 Å². The number of carboxylic acid groups (broad SMARTS) is 1. The molecule has 1 aliphatic rings. The molecule has 1 atom stereocenters. The summed E-state index contributed by atoms with van der Waals surface area (Å²) in [7, 11) is 0. The van der Waals surface area contributed by atoms with Gasteiger partial charge in [0.15, 0.2) is 6.20 Å². The van der Waals surface area contributed by atoms with Crippen molar-refractivity contribution in [3.63, 3.8) is 0 Å². The number of carboxylic acids is 1. The van der Waals surface area contributed by atoms with Crippen molar-refractivity contribution in [2.45, 2.75) is 19.6 Å². The monoisotopic (exact) mass is 317 g/mol. The second-order valence-corrected chi connectivity index (χ2v) is 5.31. The normalized spacial score (nSPS) is 18.0. The number of hydrogen-bond donors (Lipinski definition) is 1. The van der Waals surface area contributed by atoms with Crippen LogP contribution in [0.5, 0.6) is 0 Å². The Hall–Kier alpha value is -2.74. The fourth-order valence-corrected chi connectivity index (χ4v) is 2.58. The van der Waals surface area contributed by atoms with Gasteiger partial charge in [0.2, 0.25) is 12.4 Å². The first-order valence-corrected chi connectivity index (χ1v) is 7.26. The Kier molecular flexibility index (Phi) is 4.07. The van der Waals surface area contributed by atoms with Gasteiger partial charge in [-0.1, -0.05) is 11.6 Å². The molecule has 0 aliphatic carbocycles. The standard InChI is InChI=1S/C15H16N4O4/c1-10-3-4-12(19-16-5-6-17-19)11(9-10)13(20)18-7-2-8-23-14(18)15(21)22/h3-6,9,14H,2,7-8H2,1H3,(H,21,22)/p+1/t14-/m0/s1. The summed E-state index contributed by atoms with van der Waals surface area (Å²) in [5.41, 5.74) is 1.83. The summed E-state index contributed by atoms with van der Waals surface area (Å²) < 4.78 is 5.23. The number of aliphatic carboxylic acids is 1. The Morgan fingerprint density at radius 1 is 1.43 bits per heavy atom. The Labute approximate surface area is 132 Å². The number of amides is 1. The first-order chi connectivity index (χ1) is 11.1. The minimum Gasteiger partial charge on any atom is -0.478 e. The lowest BCUT2D eigenvalue weighted by Gasteiger charge is -2.33. The first kappa shape index (κ1) is 15.2. The van der Waals surface area contributed by atoms with Gasteiger partial charge in [-0.05, 0) is 30.3 Å². The third-order valence-corrected chi connectivity index (χ3v) is 3.64. The molecule has 1 aromatic heterocycles. The van der Waals surface area contributed by atoms with E-state index in [0.717, 1.165) is 5.56 Å². The second-order valence-electron chi connectivity index (χ2n) is 5.31. The van der Waals surface area contributed by atoms with Gasteiger partial charge >= 0.3 is 5.97 Å². The third-order valence-electron chi connectivity index (χ3n) is 3.64. The number of ether oxygens (including phenoxy) is 1. The second kappa shape index (κ2) is 6.17. The molecule has 2 N–H and O–H groups in total. The average Bonchev–Trinajstić information content (AvgIpc) is 3.08. The number of nitrogens with one attached hydrogen (secondary N) is 1. The van der Waals surface area contributed by atoms with E-state index < -0.39 is 12.2 Å². The summed E-state index contributed by atoms with van der Waals surface area (Å²) in [6.07, 6.45) is 2.55. The lowest BCUT2D eigenvalue weighted by atomic mass is 10.1. The molecule has 1 saturated heterocycles. The summed E-state index contributed by atoms with van der Waals surface area (Å²) in [5, 5.41) is 16.3. The fraction of sp³-hybridized carbons (Fsp3) is 0.333. The highest BCUT2D eigenvalue weighted by atomic mass is 16.5. The van der Waals surface area contributed by atoms with Crippen molar-refractivity contribution in [1.29, 1.82) is 0 Å². The molecule has 2 heterocycles. The summed E-state index contributed by atoms with van der Waals surface area (Å²) in [6, 6.07) is 5.36. The number of hydrogen-bond acceptors (Lipinski definition) is 4. The number of benzene rings is 1. The highest BCUT2D eigenvalue weighted by molar-refractivity contribution is 5.99. The van der Waals surface area contributed by atoms with Crippen LogP contribution in [0.15, 0.2) is 30.6 Å². The molecule has 2 aromatic rings. The molecule has 8 nitrogen and oxygen atoms in total. The molecular weight excluding hydrogens is 300 g/mol. The number of H-pyrrole nitrogens is 1. The summed E-state index contributed by atoms with van der Waals surface area (Å²) >= 11 is 0. The molecule has 23 heavy (non-hydrogen) atoms. The van der Waals surface area contributed by atoms with Crippen molar-refractivity contribution in [3.05, 3.63) is 41.7 Å². The van der Waals surface area contributed by atoms with Gasteiger partial charge in [0, 0.05) is 11.6 Å². The van der Waals surface area contributed by atoms with Crippen LogP contribution in [0.25, 0.3) is 5.69 Å². The molecule has 0 saturated carbocycles. The molecule has 120 valence electrons. The summed E-state index contributed by atoms with van der Waals surface area (Å²) in [4.78, 5) is 27.0. The van der Waals surface area contributed by atoms with Gasteiger partial charge in [0.05, 0.1) is 12.2 Å². The van der Waals surface area contributed by atoms with Crippen LogP contribution in [-0.2, 0) is 9.53 Å². The highest BCUT2D eigenvalue weighted by Crippen LogP contribution is 2.20. The summed E-state index contributed by atoms with van der Waals surface area (Å²) in [5.74, 6) is -1.56. The van der Waals surface area contributed by atoms with Crippen molar-refractivity contribution in [1.82, 2.24) is 14.8 Å². The predicted octanol–water partition coefficient (Wildman–Crippen LogP) is 0.268. The molecule has 1 aliphatic heterocycles. The molecule has 1 amide bonds. The number of aromatic amines is 1. The Balaban J connectivity index is 2.01. The number of nitrogens with zero attached hydrogens (tertiary/aromatic N) is 3. The maximum atomic E-state index is 12.9. The minimum atomic E-state index is -1.26. The maximum Gasteiger partial charge on any atom is 0.354 e. The quantitative estimate of drug-likeness (QED) is 0.876. The van der Waals surface area contributed by atoms with Crippen LogP contribution in [0.1, 0.15) is 22.3 Å². The Morgan fingerprint density at radius 2 is 2.26 bits per heavy atom. The van der Waals surface area contributed by atoms with Crippen LogP contribution in [0.3, 0.4) is 0 Å². The van der Waals surface area contributed by atoms with E-state index in [2.05, 4.69) is 10.2 Å². The molecule has 0 bridgehead atoms. The molecule has 0 unspecified atom stereocenters. The molecule has 0 radical (unpaired) electrons.